The average Bonchev–Trinajstić information content (AvgIpc) is 3.44. The highest BCUT2D eigenvalue weighted by Gasteiger charge is 2.27. The molecule has 2 aromatic heterocycles. The summed E-state index contributed by atoms with van der Waals surface area (Å²) in [6, 6.07) is 3.71. The van der Waals surface area contributed by atoms with Crippen molar-refractivity contribution in [2.24, 2.45) is 0 Å². The van der Waals surface area contributed by atoms with E-state index in [1.54, 1.807) is 0 Å². The van der Waals surface area contributed by atoms with Crippen molar-refractivity contribution in [3.8, 4) is 11.4 Å². The number of hydrogen-bond donors (Lipinski definition) is 0. The number of aromatic nitrogens is 4. The Labute approximate surface area is 191 Å². The molecule has 0 N–H and O–H groups in total. The van der Waals surface area contributed by atoms with Crippen LogP contribution >= 0.6 is 0 Å². The largest absolute Gasteiger partial charge is 0.365 e. The predicted molar refractivity (Wildman–Crippen MR) is 116 cm³/mol. The fourth-order valence-electron chi connectivity index (χ4n) is 3.59. The molecule has 33 heavy (non-hydrogen) atoms. The van der Waals surface area contributed by atoms with Crippen LogP contribution < -0.4 is 4.90 Å². The van der Waals surface area contributed by atoms with Crippen LogP contribution in [0.2, 0.25) is 0 Å². The van der Waals surface area contributed by atoms with Gasteiger partial charge in [-0.05, 0) is 43.1 Å². The highest BCUT2D eigenvalue weighted by Crippen LogP contribution is 2.27. The lowest BCUT2D eigenvalue weighted by Gasteiger charge is -2.31. The Hall–Kier alpha value is -2.86. The van der Waals surface area contributed by atoms with Gasteiger partial charge in [-0.3, -0.25) is 0 Å². The molecule has 0 aliphatic carbocycles. The third kappa shape index (κ3) is 5.22. The molecule has 1 fully saturated rings. The Bertz CT molecular complexity index is 1220. The molecule has 10 nitrogen and oxygen atoms in total. The van der Waals surface area contributed by atoms with Crippen LogP contribution in [0.3, 0.4) is 0 Å². The van der Waals surface area contributed by atoms with Crippen LogP contribution in [-0.4, -0.2) is 54.1 Å². The number of rotatable bonds is 7. The molecule has 0 spiro atoms. The lowest BCUT2D eigenvalue weighted by atomic mass is 10.1. The van der Waals surface area contributed by atoms with Gasteiger partial charge < -0.3 is 18.7 Å². The van der Waals surface area contributed by atoms with E-state index >= 15 is 0 Å². The zero-order valence-electron chi connectivity index (χ0n) is 18.9. The first kappa shape index (κ1) is 23.3. The van der Waals surface area contributed by atoms with Crippen LogP contribution in [0.4, 0.5) is 10.3 Å². The lowest BCUT2D eigenvalue weighted by molar-refractivity contribution is -0.0300. The number of nitrogens with zero attached hydrogens (tertiary/aromatic N) is 5. The number of ether oxygens (including phenoxy) is 1. The van der Waals surface area contributed by atoms with Gasteiger partial charge in [-0.15, -0.1) is 0 Å². The Balaban J connectivity index is 1.35. The lowest BCUT2D eigenvalue weighted by Crippen LogP contribution is -2.38. The average molecular weight is 480 g/mol. The van der Waals surface area contributed by atoms with Crippen molar-refractivity contribution < 1.29 is 26.6 Å². The number of piperidine rings is 1. The molecule has 12 heteroatoms. The second kappa shape index (κ2) is 9.18. The van der Waals surface area contributed by atoms with Gasteiger partial charge in [-0.1, -0.05) is 19.0 Å². The molecule has 4 rings (SSSR count). The summed E-state index contributed by atoms with van der Waals surface area (Å²) in [5.41, 5.74) is 0.316. The van der Waals surface area contributed by atoms with Crippen LogP contribution in [0.1, 0.15) is 57.4 Å². The number of halogens is 1. The molecule has 1 aromatic carbocycles. The van der Waals surface area contributed by atoms with Crippen molar-refractivity contribution in [3.05, 3.63) is 35.8 Å². The number of sulfone groups is 1. The van der Waals surface area contributed by atoms with Gasteiger partial charge >= 0.3 is 0 Å². The van der Waals surface area contributed by atoms with E-state index in [0.29, 0.717) is 17.4 Å². The highest BCUT2D eigenvalue weighted by atomic mass is 32.2. The fourth-order valence-corrected chi connectivity index (χ4v) is 4.32. The van der Waals surface area contributed by atoms with Crippen molar-refractivity contribution >= 4 is 15.8 Å². The minimum atomic E-state index is -3.66. The minimum Gasteiger partial charge on any atom is -0.365 e. The van der Waals surface area contributed by atoms with E-state index in [2.05, 4.69) is 25.2 Å². The van der Waals surface area contributed by atoms with Gasteiger partial charge in [-0.2, -0.15) is 9.97 Å². The first-order chi connectivity index (χ1) is 15.6. The molecular weight excluding hydrogens is 453 g/mol. The molecule has 1 aliphatic rings. The zero-order chi connectivity index (χ0) is 23.8. The van der Waals surface area contributed by atoms with Crippen molar-refractivity contribution in [3.63, 3.8) is 0 Å². The van der Waals surface area contributed by atoms with E-state index in [9.17, 15) is 12.8 Å². The Morgan fingerprint density at radius 3 is 2.39 bits per heavy atom. The minimum absolute atomic E-state index is 0.00504. The van der Waals surface area contributed by atoms with Crippen LogP contribution in [0.15, 0.2) is 32.1 Å². The maximum Gasteiger partial charge on any atom is 0.266 e. The summed E-state index contributed by atoms with van der Waals surface area (Å²) in [4.78, 5) is 10.4. The van der Waals surface area contributed by atoms with E-state index in [1.807, 2.05) is 20.8 Å². The van der Waals surface area contributed by atoms with Gasteiger partial charge in [0, 0.05) is 30.8 Å². The highest BCUT2D eigenvalue weighted by molar-refractivity contribution is 7.90. The molecule has 1 saturated heterocycles. The summed E-state index contributed by atoms with van der Waals surface area (Å²) in [7, 11) is -3.66. The molecule has 0 radical (unpaired) electrons. The van der Waals surface area contributed by atoms with Gasteiger partial charge in [0.2, 0.25) is 11.7 Å². The van der Waals surface area contributed by atoms with E-state index in [0.717, 1.165) is 38.3 Å². The van der Waals surface area contributed by atoms with E-state index in [-0.39, 0.29) is 28.6 Å². The summed E-state index contributed by atoms with van der Waals surface area (Å²) < 4.78 is 54.1. The van der Waals surface area contributed by atoms with E-state index < -0.39 is 21.8 Å². The first-order valence-electron chi connectivity index (χ1n) is 10.7. The Kier molecular flexibility index (Phi) is 6.48. The SMILES string of the molecule is CC(C)c1nc(N2CCC(OC(C)c3nc(-c4ccc(S(C)(=O)=O)c(F)c4)no3)CC2)no1. The second-order valence-corrected chi connectivity index (χ2v) is 10.4. The van der Waals surface area contributed by atoms with Crippen molar-refractivity contribution in [1.29, 1.82) is 0 Å². The molecule has 1 atom stereocenters. The van der Waals surface area contributed by atoms with Crippen LogP contribution in [0.5, 0.6) is 0 Å². The summed E-state index contributed by atoms with van der Waals surface area (Å²) in [5, 5.41) is 7.94. The van der Waals surface area contributed by atoms with Gasteiger partial charge in [0.25, 0.3) is 11.8 Å². The van der Waals surface area contributed by atoms with Crippen molar-refractivity contribution in [2.75, 3.05) is 24.2 Å². The van der Waals surface area contributed by atoms with Crippen molar-refractivity contribution in [2.45, 2.75) is 56.6 Å². The number of hydrogen-bond acceptors (Lipinski definition) is 10. The van der Waals surface area contributed by atoms with Gasteiger partial charge in [0.1, 0.15) is 16.8 Å². The van der Waals surface area contributed by atoms with Crippen LogP contribution in [0.25, 0.3) is 11.4 Å². The van der Waals surface area contributed by atoms with Gasteiger partial charge in [0.15, 0.2) is 9.84 Å². The Morgan fingerprint density at radius 1 is 1.09 bits per heavy atom. The summed E-state index contributed by atoms with van der Waals surface area (Å²) in [6.45, 7) is 7.28. The summed E-state index contributed by atoms with van der Waals surface area (Å²) in [6.07, 6.45) is 2.03. The quantitative estimate of drug-likeness (QED) is 0.497. The smallest absolute Gasteiger partial charge is 0.266 e. The molecule has 0 saturated carbocycles. The topological polar surface area (TPSA) is 124 Å². The maximum absolute atomic E-state index is 14.2. The maximum atomic E-state index is 14.2. The third-order valence-corrected chi connectivity index (χ3v) is 6.56. The molecule has 1 unspecified atom stereocenters. The van der Waals surface area contributed by atoms with E-state index in [4.69, 9.17) is 13.8 Å². The summed E-state index contributed by atoms with van der Waals surface area (Å²) >= 11 is 0. The van der Waals surface area contributed by atoms with Gasteiger partial charge in [-0.25, -0.2) is 12.8 Å². The molecule has 3 heterocycles. The van der Waals surface area contributed by atoms with Crippen LogP contribution in [0, 0.1) is 5.82 Å². The molecule has 3 aromatic rings. The molecule has 1 aliphatic heterocycles. The normalized spacial score (nSPS) is 16.5. The number of anilines is 1. The molecule has 178 valence electrons. The molecule has 0 amide bonds. The monoisotopic (exact) mass is 479 g/mol. The Morgan fingerprint density at radius 2 is 1.79 bits per heavy atom. The van der Waals surface area contributed by atoms with E-state index in [1.165, 1.54) is 12.1 Å². The summed E-state index contributed by atoms with van der Waals surface area (Å²) in [5.74, 6) is 0.962. The number of benzene rings is 1. The second-order valence-electron chi connectivity index (χ2n) is 8.43. The standard InChI is InChI=1S/C21H26FN5O5S/c1-12(2)19-24-21(26-31-19)27-9-7-15(8-10-27)30-13(3)20-23-18(25-32-20)14-5-6-17(16(22)11-14)33(4,28)29/h5-6,11-13,15H,7-10H2,1-4H3. The molecular formula is C21H26FN5O5S. The zero-order valence-corrected chi connectivity index (χ0v) is 19.7. The van der Waals surface area contributed by atoms with Crippen LogP contribution in [-0.2, 0) is 14.6 Å². The predicted octanol–water partition coefficient (Wildman–Crippen LogP) is 3.53. The first-order valence-corrected chi connectivity index (χ1v) is 12.6. The third-order valence-electron chi connectivity index (χ3n) is 5.43. The van der Waals surface area contributed by atoms with Crippen molar-refractivity contribution in [1.82, 2.24) is 20.3 Å². The van der Waals surface area contributed by atoms with Gasteiger partial charge in [0.05, 0.1) is 6.10 Å². The fraction of sp³-hybridized carbons (Fsp3) is 0.524. The molecule has 0 bridgehead atoms.